The molecular weight excluding hydrogens is 468 g/mol. The van der Waals surface area contributed by atoms with Gasteiger partial charge < -0.3 is 15.4 Å². The van der Waals surface area contributed by atoms with Gasteiger partial charge in [0, 0.05) is 41.8 Å². The second-order valence-corrected chi connectivity index (χ2v) is 9.07. The molecule has 1 saturated heterocycles. The number of benzene rings is 2. The van der Waals surface area contributed by atoms with Crippen LogP contribution in [-0.4, -0.2) is 43.0 Å². The fourth-order valence-electron chi connectivity index (χ4n) is 4.60. The molecule has 2 aromatic heterocycles. The highest BCUT2D eigenvalue weighted by molar-refractivity contribution is 5.96. The SMILES string of the molecule is Cc1cc(Oc2ccc(C(N)=O)cc2)nc([C@H]2CCCCN2C(=O)c2ccccc2Cn2cccn2)n1. The zero-order chi connectivity index (χ0) is 25.8. The van der Waals surface area contributed by atoms with Crippen LogP contribution in [0.1, 0.15) is 63.1 Å². The third kappa shape index (κ3) is 5.50. The van der Waals surface area contributed by atoms with E-state index in [1.54, 1.807) is 36.5 Å². The number of rotatable bonds is 7. The van der Waals surface area contributed by atoms with E-state index in [-0.39, 0.29) is 11.9 Å². The van der Waals surface area contributed by atoms with Crippen molar-refractivity contribution in [1.82, 2.24) is 24.6 Å². The standard InChI is InChI=1S/C28H28N6O3/c1-19-17-25(37-22-12-10-20(11-13-22)26(29)35)32-27(31-19)24-9-4-5-16-34(24)28(36)23-8-3-2-7-21(23)18-33-15-6-14-30-33/h2-3,6-8,10-15,17,24H,4-5,9,16,18H2,1H3,(H2,29,35)/t24-/m1/s1. The van der Waals surface area contributed by atoms with Gasteiger partial charge in [-0.1, -0.05) is 18.2 Å². The molecule has 188 valence electrons. The van der Waals surface area contributed by atoms with Crippen LogP contribution >= 0.6 is 0 Å². The van der Waals surface area contributed by atoms with Gasteiger partial charge in [-0.2, -0.15) is 10.1 Å². The molecule has 2 aromatic carbocycles. The molecule has 3 heterocycles. The molecule has 5 rings (SSSR count). The van der Waals surface area contributed by atoms with Gasteiger partial charge in [0.05, 0.1) is 12.6 Å². The van der Waals surface area contributed by atoms with Crippen molar-refractivity contribution in [2.45, 2.75) is 38.8 Å². The number of hydrogen-bond acceptors (Lipinski definition) is 6. The van der Waals surface area contributed by atoms with E-state index in [2.05, 4.69) is 15.1 Å². The van der Waals surface area contributed by atoms with Gasteiger partial charge in [0.2, 0.25) is 11.8 Å². The maximum Gasteiger partial charge on any atom is 0.254 e. The average molecular weight is 497 g/mol. The Kier molecular flexibility index (Phi) is 6.93. The van der Waals surface area contributed by atoms with Gasteiger partial charge in [0.15, 0.2) is 5.82 Å². The van der Waals surface area contributed by atoms with E-state index in [0.29, 0.717) is 41.7 Å². The van der Waals surface area contributed by atoms with Gasteiger partial charge in [0.25, 0.3) is 5.91 Å². The Morgan fingerprint density at radius 3 is 2.62 bits per heavy atom. The van der Waals surface area contributed by atoms with Crippen LogP contribution < -0.4 is 10.5 Å². The minimum Gasteiger partial charge on any atom is -0.439 e. The molecule has 0 radical (unpaired) electrons. The summed E-state index contributed by atoms with van der Waals surface area (Å²) >= 11 is 0. The number of amides is 2. The molecule has 0 saturated carbocycles. The highest BCUT2D eigenvalue weighted by Gasteiger charge is 2.32. The summed E-state index contributed by atoms with van der Waals surface area (Å²) in [5.74, 6) is 0.924. The number of piperidine rings is 1. The van der Waals surface area contributed by atoms with Crippen LogP contribution in [0.5, 0.6) is 11.6 Å². The summed E-state index contributed by atoms with van der Waals surface area (Å²) in [4.78, 5) is 36.5. The van der Waals surface area contributed by atoms with Crippen LogP contribution in [0.15, 0.2) is 73.1 Å². The number of primary amides is 1. The van der Waals surface area contributed by atoms with Gasteiger partial charge in [-0.3, -0.25) is 14.3 Å². The van der Waals surface area contributed by atoms with Crippen molar-refractivity contribution >= 4 is 11.8 Å². The Hall–Kier alpha value is -4.53. The molecule has 2 N–H and O–H groups in total. The van der Waals surface area contributed by atoms with Gasteiger partial charge >= 0.3 is 0 Å². The first-order valence-corrected chi connectivity index (χ1v) is 12.3. The molecule has 0 unspecified atom stereocenters. The smallest absolute Gasteiger partial charge is 0.254 e. The molecule has 0 bridgehead atoms. The average Bonchev–Trinajstić information content (AvgIpc) is 3.42. The molecule has 37 heavy (non-hydrogen) atoms. The highest BCUT2D eigenvalue weighted by atomic mass is 16.5. The van der Waals surface area contributed by atoms with E-state index < -0.39 is 5.91 Å². The number of aromatic nitrogens is 4. The lowest BCUT2D eigenvalue weighted by Gasteiger charge is -2.35. The first-order valence-electron chi connectivity index (χ1n) is 12.3. The number of carbonyl (C=O) groups is 2. The van der Waals surface area contributed by atoms with Crippen LogP contribution in [0.3, 0.4) is 0 Å². The summed E-state index contributed by atoms with van der Waals surface area (Å²) in [5.41, 5.74) is 8.03. The molecule has 4 aromatic rings. The predicted molar refractivity (Wildman–Crippen MR) is 137 cm³/mol. The van der Waals surface area contributed by atoms with E-state index in [9.17, 15) is 9.59 Å². The summed E-state index contributed by atoms with van der Waals surface area (Å²) in [7, 11) is 0. The minimum absolute atomic E-state index is 0.0397. The van der Waals surface area contributed by atoms with Gasteiger partial charge in [-0.15, -0.1) is 0 Å². The monoisotopic (exact) mass is 496 g/mol. The first-order chi connectivity index (χ1) is 18.0. The van der Waals surface area contributed by atoms with Crippen molar-refractivity contribution in [1.29, 1.82) is 0 Å². The lowest BCUT2D eigenvalue weighted by molar-refractivity contribution is 0.0597. The van der Waals surface area contributed by atoms with E-state index >= 15 is 0 Å². The van der Waals surface area contributed by atoms with Gasteiger partial charge in [-0.05, 0) is 68.1 Å². The van der Waals surface area contributed by atoms with Crippen molar-refractivity contribution < 1.29 is 14.3 Å². The lowest BCUT2D eigenvalue weighted by atomic mass is 9.98. The molecule has 1 aliphatic rings. The van der Waals surface area contributed by atoms with Crippen molar-refractivity contribution in [2.75, 3.05) is 6.54 Å². The predicted octanol–water partition coefficient (Wildman–Crippen LogP) is 4.29. The Bertz CT molecular complexity index is 1400. The van der Waals surface area contributed by atoms with Crippen molar-refractivity contribution in [3.05, 3.63) is 101 Å². The maximum absolute atomic E-state index is 13.9. The number of nitrogens with two attached hydrogens (primary N) is 1. The third-order valence-corrected chi connectivity index (χ3v) is 6.41. The van der Waals surface area contributed by atoms with E-state index in [1.165, 1.54) is 0 Å². The topological polar surface area (TPSA) is 116 Å². The van der Waals surface area contributed by atoms with E-state index in [4.69, 9.17) is 10.5 Å². The minimum atomic E-state index is -0.500. The Balaban J connectivity index is 1.41. The molecule has 0 spiro atoms. The second-order valence-electron chi connectivity index (χ2n) is 9.07. The zero-order valence-corrected chi connectivity index (χ0v) is 20.6. The Morgan fingerprint density at radius 1 is 1.05 bits per heavy atom. The molecule has 1 atom stereocenters. The molecule has 9 nitrogen and oxygen atoms in total. The van der Waals surface area contributed by atoms with Crippen molar-refractivity contribution in [3.8, 4) is 11.6 Å². The van der Waals surface area contributed by atoms with Crippen molar-refractivity contribution in [3.63, 3.8) is 0 Å². The summed E-state index contributed by atoms with van der Waals surface area (Å²) in [6, 6.07) is 17.6. The highest BCUT2D eigenvalue weighted by Crippen LogP contribution is 2.32. The van der Waals surface area contributed by atoms with Crippen molar-refractivity contribution in [2.24, 2.45) is 5.73 Å². The number of aryl methyl sites for hydroxylation is 1. The Morgan fingerprint density at radius 2 is 1.86 bits per heavy atom. The van der Waals surface area contributed by atoms with E-state index in [0.717, 1.165) is 30.5 Å². The zero-order valence-electron chi connectivity index (χ0n) is 20.6. The van der Waals surface area contributed by atoms with E-state index in [1.807, 2.05) is 53.0 Å². The summed E-state index contributed by atoms with van der Waals surface area (Å²) < 4.78 is 7.78. The molecule has 1 fully saturated rings. The summed E-state index contributed by atoms with van der Waals surface area (Å²) in [6.45, 7) is 3.02. The van der Waals surface area contributed by atoms with Gasteiger partial charge in [0.1, 0.15) is 5.75 Å². The summed E-state index contributed by atoms with van der Waals surface area (Å²) in [5, 5.41) is 4.29. The van der Waals surface area contributed by atoms with Gasteiger partial charge in [-0.25, -0.2) is 4.98 Å². The molecule has 2 amide bonds. The first kappa shape index (κ1) is 24.2. The molecule has 9 heteroatoms. The molecule has 1 aliphatic heterocycles. The second kappa shape index (κ2) is 10.6. The normalized spacial score (nSPS) is 15.4. The fourth-order valence-corrected chi connectivity index (χ4v) is 4.60. The molecule has 0 aliphatic carbocycles. The lowest BCUT2D eigenvalue weighted by Crippen LogP contribution is -2.39. The number of ether oxygens (including phenoxy) is 1. The number of hydrogen-bond donors (Lipinski definition) is 1. The number of likely N-dealkylation sites (tertiary alicyclic amines) is 1. The van der Waals surface area contributed by atoms with Crippen LogP contribution in [-0.2, 0) is 6.54 Å². The van der Waals surface area contributed by atoms with Crippen LogP contribution in [0.4, 0.5) is 0 Å². The number of carbonyl (C=O) groups excluding carboxylic acids is 2. The quantitative estimate of drug-likeness (QED) is 0.408. The molecular formula is C28H28N6O3. The fraction of sp³-hybridized carbons (Fsp3) is 0.250. The van der Waals surface area contributed by atoms with Crippen LogP contribution in [0.2, 0.25) is 0 Å². The number of nitrogens with zero attached hydrogens (tertiary/aromatic N) is 5. The largest absolute Gasteiger partial charge is 0.439 e. The maximum atomic E-state index is 13.9. The third-order valence-electron chi connectivity index (χ3n) is 6.41. The summed E-state index contributed by atoms with van der Waals surface area (Å²) in [6.07, 6.45) is 6.28. The van der Waals surface area contributed by atoms with Crippen LogP contribution in [0.25, 0.3) is 0 Å². The Labute approximate surface area is 214 Å². The van der Waals surface area contributed by atoms with Crippen LogP contribution in [0, 0.1) is 6.92 Å².